The lowest BCUT2D eigenvalue weighted by atomic mass is 10.1. The summed E-state index contributed by atoms with van der Waals surface area (Å²) in [7, 11) is 0. The van der Waals surface area contributed by atoms with Gasteiger partial charge >= 0.3 is 0 Å². The van der Waals surface area contributed by atoms with E-state index < -0.39 is 0 Å². The highest BCUT2D eigenvalue weighted by molar-refractivity contribution is 5.59. The summed E-state index contributed by atoms with van der Waals surface area (Å²) in [5, 5.41) is 8.76. The fourth-order valence-corrected chi connectivity index (χ4v) is 0.959. The van der Waals surface area contributed by atoms with Gasteiger partial charge in [0.1, 0.15) is 0 Å². The Balaban J connectivity index is 2.99. The second-order valence-electron chi connectivity index (χ2n) is 2.43. The number of benzene rings is 1. The van der Waals surface area contributed by atoms with Gasteiger partial charge in [0, 0.05) is 0 Å². The number of nitriles is 1. The van der Waals surface area contributed by atoms with E-state index >= 15 is 0 Å². The second-order valence-corrected chi connectivity index (χ2v) is 2.43. The first-order valence-corrected chi connectivity index (χ1v) is 3.96. The molecule has 0 aliphatic heterocycles. The van der Waals surface area contributed by atoms with Crippen LogP contribution in [0.1, 0.15) is 18.1 Å². The molecule has 0 fully saturated rings. The van der Waals surface area contributed by atoms with Crippen molar-refractivity contribution in [2.45, 2.75) is 6.92 Å². The molecule has 62 valence electrons. The molecule has 13 heavy (non-hydrogen) atoms. The summed E-state index contributed by atoms with van der Waals surface area (Å²) in [5.41, 5.74) is 1.59. The Morgan fingerprint density at radius 1 is 1.31 bits per heavy atom. The van der Waals surface area contributed by atoms with Crippen molar-refractivity contribution in [3.05, 3.63) is 41.5 Å². The summed E-state index contributed by atoms with van der Waals surface area (Å²) in [6.07, 6.45) is 3.59. The van der Waals surface area contributed by atoms with E-state index in [4.69, 9.17) is 5.26 Å². The van der Waals surface area contributed by atoms with Crippen LogP contribution in [0.2, 0.25) is 0 Å². The van der Waals surface area contributed by atoms with E-state index in [2.05, 4.69) is 17.9 Å². The molecule has 0 bridgehead atoms. The first-order valence-electron chi connectivity index (χ1n) is 3.96. The highest BCUT2D eigenvalue weighted by Gasteiger charge is 1.93. The summed E-state index contributed by atoms with van der Waals surface area (Å²) >= 11 is 0. The molecule has 1 aromatic carbocycles. The SMILES string of the molecule is CC#C/C=C/c1ccccc1C#N. The molecule has 0 N–H and O–H groups in total. The van der Waals surface area contributed by atoms with Crippen LogP contribution in [-0.4, -0.2) is 0 Å². The second kappa shape index (κ2) is 4.80. The third kappa shape index (κ3) is 2.51. The monoisotopic (exact) mass is 167 g/mol. The molecule has 1 rings (SSSR count). The van der Waals surface area contributed by atoms with Crippen LogP contribution in [0.3, 0.4) is 0 Å². The molecule has 0 unspecified atom stereocenters. The van der Waals surface area contributed by atoms with Gasteiger partial charge in [-0.25, -0.2) is 0 Å². The van der Waals surface area contributed by atoms with E-state index in [0.29, 0.717) is 5.56 Å². The first kappa shape index (κ1) is 9.10. The van der Waals surface area contributed by atoms with E-state index in [-0.39, 0.29) is 0 Å². The Morgan fingerprint density at radius 3 is 2.77 bits per heavy atom. The van der Waals surface area contributed by atoms with Crippen molar-refractivity contribution >= 4 is 6.08 Å². The minimum Gasteiger partial charge on any atom is -0.192 e. The van der Waals surface area contributed by atoms with Crippen molar-refractivity contribution in [2.24, 2.45) is 0 Å². The van der Waals surface area contributed by atoms with Crippen LogP contribution >= 0.6 is 0 Å². The Bertz CT molecular complexity index is 411. The quantitative estimate of drug-likeness (QED) is 0.590. The van der Waals surface area contributed by atoms with Gasteiger partial charge in [-0.05, 0) is 30.7 Å². The third-order valence-electron chi connectivity index (χ3n) is 1.57. The van der Waals surface area contributed by atoms with Crippen molar-refractivity contribution < 1.29 is 0 Å². The van der Waals surface area contributed by atoms with Crippen LogP contribution in [0.25, 0.3) is 6.08 Å². The van der Waals surface area contributed by atoms with Gasteiger partial charge in [-0.3, -0.25) is 0 Å². The molecular weight excluding hydrogens is 158 g/mol. The van der Waals surface area contributed by atoms with Crippen molar-refractivity contribution in [2.75, 3.05) is 0 Å². The highest BCUT2D eigenvalue weighted by atomic mass is 14.2. The fourth-order valence-electron chi connectivity index (χ4n) is 0.959. The van der Waals surface area contributed by atoms with E-state index in [9.17, 15) is 0 Å². The average molecular weight is 167 g/mol. The van der Waals surface area contributed by atoms with Gasteiger partial charge in [-0.2, -0.15) is 5.26 Å². The minimum atomic E-state index is 0.677. The zero-order valence-corrected chi connectivity index (χ0v) is 7.41. The molecule has 0 spiro atoms. The summed E-state index contributed by atoms with van der Waals surface area (Å²) in [4.78, 5) is 0. The minimum absolute atomic E-state index is 0.677. The largest absolute Gasteiger partial charge is 0.192 e. The van der Waals surface area contributed by atoms with E-state index in [1.807, 2.05) is 24.3 Å². The maximum Gasteiger partial charge on any atom is 0.0997 e. The molecule has 0 amide bonds. The summed E-state index contributed by atoms with van der Waals surface area (Å²) in [6.45, 7) is 1.78. The number of hydrogen-bond acceptors (Lipinski definition) is 1. The standard InChI is InChI=1S/C12H9N/c1-2-3-4-7-11-8-5-6-9-12(11)10-13/h4-9H,1H3/b7-4+. The number of hydrogen-bond donors (Lipinski definition) is 0. The van der Waals surface area contributed by atoms with Crippen LogP contribution < -0.4 is 0 Å². The lowest BCUT2D eigenvalue weighted by molar-refractivity contribution is 1.47. The number of allylic oxidation sites excluding steroid dienone is 1. The number of nitrogens with zero attached hydrogens (tertiary/aromatic N) is 1. The van der Waals surface area contributed by atoms with Gasteiger partial charge in [0.2, 0.25) is 0 Å². The molecular formula is C12H9N. The van der Waals surface area contributed by atoms with E-state index in [1.54, 1.807) is 19.1 Å². The van der Waals surface area contributed by atoms with Gasteiger partial charge in [0.05, 0.1) is 11.6 Å². The topological polar surface area (TPSA) is 23.8 Å². The fraction of sp³-hybridized carbons (Fsp3) is 0.0833. The van der Waals surface area contributed by atoms with Crippen LogP contribution in [0.15, 0.2) is 30.3 Å². The summed E-state index contributed by atoms with van der Waals surface area (Å²) in [6, 6.07) is 9.56. The lowest BCUT2D eigenvalue weighted by Gasteiger charge is -1.93. The van der Waals surface area contributed by atoms with Crippen LogP contribution in [0.4, 0.5) is 0 Å². The smallest absolute Gasteiger partial charge is 0.0997 e. The van der Waals surface area contributed by atoms with Gasteiger partial charge < -0.3 is 0 Å². The molecule has 0 radical (unpaired) electrons. The summed E-state index contributed by atoms with van der Waals surface area (Å²) < 4.78 is 0. The van der Waals surface area contributed by atoms with E-state index in [1.165, 1.54) is 0 Å². The van der Waals surface area contributed by atoms with Crippen LogP contribution in [0.5, 0.6) is 0 Å². The molecule has 0 saturated carbocycles. The van der Waals surface area contributed by atoms with Gasteiger partial charge in [0.25, 0.3) is 0 Å². The molecule has 1 aromatic rings. The lowest BCUT2D eigenvalue weighted by Crippen LogP contribution is -1.78. The molecule has 0 aliphatic carbocycles. The van der Waals surface area contributed by atoms with E-state index in [0.717, 1.165) is 5.56 Å². The van der Waals surface area contributed by atoms with Crippen LogP contribution in [-0.2, 0) is 0 Å². The Labute approximate surface area is 78.3 Å². The molecule has 0 heterocycles. The highest BCUT2D eigenvalue weighted by Crippen LogP contribution is 2.08. The molecule has 0 saturated heterocycles. The van der Waals surface area contributed by atoms with Crippen molar-refractivity contribution in [3.63, 3.8) is 0 Å². The van der Waals surface area contributed by atoms with Crippen LogP contribution in [0, 0.1) is 23.2 Å². The molecule has 0 aliphatic rings. The average Bonchev–Trinajstić information content (AvgIpc) is 2.19. The predicted molar refractivity (Wildman–Crippen MR) is 53.6 cm³/mol. The van der Waals surface area contributed by atoms with Gasteiger partial charge in [0.15, 0.2) is 0 Å². The first-order chi connectivity index (χ1) is 6.38. The molecule has 1 heteroatoms. The van der Waals surface area contributed by atoms with Gasteiger partial charge in [-0.15, -0.1) is 5.92 Å². The Hall–Kier alpha value is -1.99. The van der Waals surface area contributed by atoms with Gasteiger partial charge in [-0.1, -0.05) is 24.1 Å². The maximum atomic E-state index is 8.76. The third-order valence-corrected chi connectivity index (χ3v) is 1.57. The van der Waals surface area contributed by atoms with Crippen molar-refractivity contribution in [3.8, 4) is 17.9 Å². The molecule has 0 aromatic heterocycles. The summed E-state index contributed by atoms with van der Waals surface area (Å²) in [5.74, 6) is 5.56. The molecule has 1 nitrogen and oxygen atoms in total. The Morgan fingerprint density at radius 2 is 2.08 bits per heavy atom. The Kier molecular flexibility index (Phi) is 3.36. The zero-order valence-electron chi connectivity index (χ0n) is 7.41. The zero-order chi connectivity index (χ0) is 9.52. The molecule has 0 atom stereocenters. The predicted octanol–water partition coefficient (Wildman–Crippen LogP) is 2.59. The normalized spacial score (nSPS) is 8.92. The maximum absolute atomic E-state index is 8.76. The van der Waals surface area contributed by atoms with Crippen molar-refractivity contribution in [1.82, 2.24) is 0 Å². The van der Waals surface area contributed by atoms with Crippen molar-refractivity contribution in [1.29, 1.82) is 5.26 Å². The number of rotatable bonds is 1.